The Labute approximate surface area is 141 Å². The van der Waals surface area contributed by atoms with Gasteiger partial charge in [0.05, 0.1) is 28.6 Å². The van der Waals surface area contributed by atoms with Gasteiger partial charge in [-0.3, -0.25) is 25.0 Å². The van der Waals surface area contributed by atoms with E-state index in [9.17, 15) is 25.0 Å². The van der Waals surface area contributed by atoms with Crippen molar-refractivity contribution in [3.8, 4) is 5.75 Å². The predicted octanol–water partition coefficient (Wildman–Crippen LogP) is 2.25. The van der Waals surface area contributed by atoms with Crippen molar-refractivity contribution in [3.05, 3.63) is 67.8 Å². The summed E-state index contributed by atoms with van der Waals surface area (Å²) < 4.78 is 5.00. The number of anilines is 1. The lowest BCUT2D eigenvalue weighted by atomic mass is 10.0. The Hall–Kier alpha value is -3.53. The van der Waals surface area contributed by atoms with Crippen LogP contribution in [0.25, 0.3) is 0 Å². The summed E-state index contributed by atoms with van der Waals surface area (Å²) in [6.07, 6.45) is 0. The number of nitro groups is 2. The molecule has 0 aliphatic rings. The lowest BCUT2D eigenvalue weighted by Crippen LogP contribution is -2.14. The molecule has 0 bridgehead atoms. The molecule has 0 spiro atoms. The number of methoxy groups -OCH3 is 1. The average molecular weight is 349 g/mol. The number of nitrogens with one attached hydrogen (secondary N) is 1. The minimum atomic E-state index is -0.781. The van der Waals surface area contributed by atoms with E-state index < -0.39 is 27.1 Å². The number of nitrogens with zero attached hydrogens (tertiary/aromatic N) is 2. The van der Waals surface area contributed by atoms with Crippen molar-refractivity contribution in [3.63, 3.8) is 0 Å². The first-order chi connectivity index (χ1) is 11.3. The quantitative estimate of drug-likeness (QED) is 0.644. The van der Waals surface area contributed by atoms with Gasteiger partial charge in [0, 0.05) is 17.3 Å². The van der Waals surface area contributed by atoms with Gasteiger partial charge in [-0.05, 0) is 31.2 Å². The first-order valence-corrected chi connectivity index (χ1v) is 6.72. The second-order valence-electron chi connectivity index (χ2n) is 4.83. The molecule has 132 valence electrons. The van der Waals surface area contributed by atoms with E-state index in [2.05, 4.69) is 5.32 Å². The summed E-state index contributed by atoms with van der Waals surface area (Å²) in [5, 5.41) is 24.5. The van der Waals surface area contributed by atoms with Crippen LogP contribution in [0.5, 0.6) is 5.75 Å². The molecule has 0 saturated carbocycles. The van der Waals surface area contributed by atoms with Gasteiger partial charge in [-0.25, -0.2) is 0 Å². The number of carbonyl (C=O) groups is 1. The molecule has 0 heterocycles. The van der Waals surface area contributed by atoms with Crippen LogP contribution in [-0.2, 0) is 0 Å². The minimum Gasteiger partial charge on any atom is -0.497 e. The standard InChI is InChI=1S/C15H13N3O6.H2O/c1-9-13(7-11(17(20)21)8-14(9)18(22)23)15(19)16-10-3-5-12(24-2)6-4-10;/h3-8H,1-2H3,(H,16,19);1H2. The van der Waals surface area contributed by atoms with Crippen LogP contribution >= 0.6 is 0 Å². The third kappa shape index (κ3) is 4.26. The number of non-ortho nitro benzene ring substituents is 1. The number of carbonyl (C=O) groups excluding carboxylic acids is 1. The summed E-state index contributed by atoms with van der Waals surface area (Å²) in [5.74, 6) is -0.0837. The maximum atomic E-state index is 12.4. The summed E-state index contributed by atoms with van der Waals surface area (Å²) in [6, 6.07) is 8.26. The molecule has 2 aromatic rings. The van der Waals surface area contributed by atoms with Crippen LogP contribution in [0.2, 0.25) is 0 Å². The monoisotopic (exact) mass is 349 g/mol. The Bertz CT molecular complexity index is 819. The highest BCUT2D eigenvalue weighted by atomic mass is 16.6. The smallest absolute Gasteiger partial charge is 0.279 e. The summed E-state index contributed by atoms with van der Waals surface area (Å²) in [4.78, 5) is 32.8. The molecule has 10 nitrogen and oxygen atoms in total. The third-order valence-corrected chi connectivity index (χ3v) is 3.37. The average Bonchev–Trinajstić information content (AvgIpc) is 2.55. The molecule has 0 aromatic heterocycles. The fourth-order valence-electron chi connectivity index (χ4n) is 2.09. The van der Waals surface area contributed by atoms with E-state index in [1.54, 1.807) is 24.3 Å². The second kappa shape index (κ2) is 7.84. The summed E-state index contributed by atoms with van der Waals surface area (Å²) in [6.45, 7) is 1.37. The number of benzene rings is 2. The number of rotatable bonds is 5. The van der Waals surface area contributed by atoms with Crippen molar-refractivity contribution in [2.45, 2.75) is 6.92 Å². The van der Waals surface area contributed by atoms with E-state index in [0.29, 0.717) is 11.4 Å². The van der Waals surface area contributed by atoms with Crippen molar-refractivity contribution in [1.29, 1.82) is 0 Å². The zero-order chi connectivity index (χ0) is 17.9. The SMILES string of the molecule is COc1ccc(NC(=O)c2cc([N+](=O)[O-])cc([N+](=O)[O-])c2C)cc1.O. The number of hydrogen-bond acceptors (Lipinski definition) is 6. The highest BCUT2D eigenvalue weighted by molar-refractivity contribution is 6.06. The molecule has 0 atom stereocenters. The molecule has 0 fully saturated rings. The number of amides is 1. The van der Waals surface area contributed by atoms with Gasteiger partial charge >= 0.3 is 0 Å². The lowest BCUT2D eigenvalue weighted by Gasteiger charge is -2.09. The van der Waals surface area contributed by atoms with Crippen LogP contribution in [0.3, 0.4) is 0 Å². The van der Waals surface area contributed by atoms with Gasteiger partial charge in [-0.15, -0.1) is 0 Å². The fraction of sp³-hybridized carbons (Fsp3) is 0.133. The molecule has 3 N–H and O–H groups in total. The van der Waals surface area contributed by atoms with Crippen LogP contribution in [0.4, 0.5) is 17.1 Å². The van der Waals surface area contributed by atoms with Crippen LogP contribution < -0.4 is 10.1 Å². The molecule has 0 unspecified atom stereocenters. The van der Waals surface area contributed by atoms with Gasteiger partial charge in [0.25, 0.3) is 17.3 Å². The molecular formula is C15H15N3O7. The van der Waals surface area contributed by atoms with Crippen molar-refractivity contribution >= 4 is 23.0 Å². The second-order valence-corrected chi connectivity index (χ2v) is 4.83. The Morgan fingerprint density at radius 3 is 2.16 bits per heavy atom. The third-order valence-electron chi connectivity index (χ3n) is 3.37. The molecule has 1 amide bonds. The molecular weight excluding hydrogens is 334 g/mol. The van der Waals surface area contributed by atoms with E-state index in [0.717, 1.165) is 12.1 Å². The van der Waals surface area contributed by atoms with E-state index in [-0.39, 0.29) is 16.6 Å². The Morgan fingerprint density at radius 1 is 1.08 bits per heavy atom. The molecule has 2 rings (SSSR count). The summed E-state index contributed by atoms with van der Waals surface area (Å²) >= 11 is 0. The molecule has 10 heteroatoms. The van der Waals surface area contributed by atoms with Crippen LogP contribution in [0.15, 0.2) is 36.4 Å². The zero-order valence-electron chi connectivity index (χ0n) is 13.3. The fourth-order valence-corrected chi connectivity index (χ4v) is 2.09. The summed E-state index contributed by atoms with van der Waals surface area (Å²) in [7, 11) is 1.50. The van der Waals surface area contributed by atoms with Crippen LogP contribution in [0.1, 0.15) is 15.9 Å². The molecule has 0 saturated heterocycles. The minimum absolute atomic E-state index is 0. The van der Waals surface area contributed by atoms with Gasteiger partial charge in [-0.2, -0.15) is 0 Å². The van der Waals surface area contributed by atoms with Gasteiger partial charge < -0.3 is 15.5 Å². The van der Waals surface area contributed by atoms with Crippen molar-refractivity contribution < 1.29 is 24.9 Å². The van der Waals surface area contributed by atoms with E-state index in [4.69, 9.17) is 4.74 Å². The van der Waals surface area contributed by atoms with Crippen LogP contribution in [-0.4, -0.2) is 28.3 Å². The predicted molar refractivity (Wildman–Crippen MR) is 89.0 cm³/mol. The van der Waals surface area contributed by atoms with E-state index in [1.807, 2.05) is 0 Å². The van der Waals surface area contributed by atoms with Crippen LogP contribution in [0, 0.1) is 27.2 Å². The van der Waals surface area contributed by atoms with Crippen molar-refractivity contribution in [2.75, 3.05) is 12.4 Å². The first kappa shape index (κ1) is 19.5. The normalized spacial score (nSPS) is 9.68. The largest absolute Gasteiger partial charge is 0.497 e. The van der Waals surface area contributed by atoms with Crippen molar-refractivity contribution in [2.24, 2.45) is 0 Å². The molecule has 2 aromatic carbocycles. The van der Waals surface area contributed by atoms with Gasteiger partial charge in [0.1, 0.15) is 5.75 Å². The Morgan fingerprint density at radius 2 is 1.68 bits per heavy atom. The molecule has 0 aliphatic carbocycles. The van der Waals surface area contributed by atoms with Gasteiger partial charge in [0.15, 0.2) is 0 Å². The maximum absolute atomic E-state index is 12.4. The summed E-state index contributed by atoms with van der Waals surface area (Å²) in [5.41, 5.74) is -0.658. The van der Waals surface area contributed by atoms with Gasteiger partial charge in [0.2, 0.25) is 0 Å². The van der Waals surface area contributed by atoms with E-state index in [1.165, 1.54) is 14.0 Å². The highest BCUT2D eigenvalue weighted by Crippen LogP contribution is 2.28. The van der Waals surface area contributed by atoms with Gasteiger partial charge in [-0.1, -0.05) is 0 Å². The number of ether oxygens (including phenoxy) is 1. The Balaban J connectivity index is 0.00000312. The molecule has 25 heavy (non-hydrogen) atoms. The molecule has 0 aliphatic heterocycles. The van der Waals surface area contributed by atoms with E-state index >= 15 is 0 Å². The Kier molecular flexibility index (Phi) is 6.12. The first-order valence-electron chi connectivity index (χ1n) is 6.72. The molecule has 0 radical (unpaired) electrons. The zero-order valence-corrected chi connectivity index (χ0v) is 13.3. The number of hydrogen-bond donors (Lipinski definition) is 1. The van der Waals surface area contributed by atoms with Crippen molar-refractivity contribution in [1.82, 2.24) is 0 Å². The lowest BCUT2D eigenvalue weighted by molar-refractivity contribution is -0.394. The maximum Gasteiger partial charge on any atom is 0.279 e. The topological polar surface area (TPSA) is 156 Å². The number of nitro benzene ring substituents is 2. The highest BCUT2D eigenvalue weighted by Gasteiger charge is 2.24.